The van der Waals surface area contributed by atoms with Crippen molar-refractivity contribution in [1.29, 1.82) is 0 Å². The lowest BCUT2D eigenvalue weighted by Crippen LogP contribution is -2.53. The summed E-state index contributed by atoms with van der Waals surface area (Å²) in [6.07, 6.45) is 3.14. The third-order valence-electron chi connectivity index (χ3n) is 4.70. The molecule has 144 valence electrons. The maximum absolute atomic E-state index is 12.8. The Morgan fingerprint density at radius 1 is 0.760 bits per heavy atom. The summed E-state index contributed by atoms with van der Waals surface area (Å²) in [6, 6.07) is 0. The molecule has 0 unspecified atom stereocenters. The smallest absolute Gasteiger partial charge is 0.346 e. The van der Waals surface area contributed by atoms with Crippen molar-refractivity contribution in [1.82, 2.24) is 0 Å². The van der Waals surface area contributed by atoms with Gasteiger partial charge in [-0.05, 0) is 12.8 Å². The lowest BCUT2D eigenvalue weighted by molar-refractivity contribution is -0.204. The van der Waals surface area contributed by atoms with Gasteiger partial charge in [0.1, 0.15) is 0 Å². The van der Waals surface area contributed by atoms with E-state index in [1.54, 1.807) is 0 Å². The predicted octanol–water partition coefficient (Wildman–Crippen LogP) is 2.01. The summed E-state index contributed by atoms with van der Waals surface area (Å²) in [5.74, 6) is -1.25. The maximum Gasteiger partial charge on any atom is 0.346 e. The fraction of sp³-hybridized carbons (Fsp3) is 0.889. The molecule has 7 nitrogen and oxygen atoms in total. The van der Waals surface area contributed by atoms with Crippen molar-refractivity contribution in [3.05, 3.63) is 0 Å². The van der Waals surface area contributed by atoms with Gasteiger partial charge in [-0.2, -0.15) is 0 Å². The number of hydrogen-bond donors (Lipinski definition) is 0. The highest BCUT2D eigenvalue weighted by Gasteiger charge is 2.48. The molecule has 0 spiro atoms. The van der Waals surface area contributed by atoms with Crippen molar-refractivity contribution < 1.29 is 33.3 Å². The highest BCUT2D eigenvalue weighted by molar-refractivity contribution is 5.94. The van der Waals surface area contributed by atoms with E-state index in [0.717, 1.165) is 12.8 Å². The Morgan fingerprint density at radius 2 is 1.12 bits per heavy atom. The second-order valence-electron chi connectivity index (χ2n) is 6.59. The van der Waals surface area contributed by atoms with Crippen LogP contribution in [-0.2, 0) is 33.3 Å². The fourth-order valence-corrected chi connectivity index (χ4v) is 3.08. The Kier molecular flexibility index (Phi) is 7.81. The average Bonchev–Trinajstić information content (AvgIpc) is 2.66. The number of carbonyl (C=O) groups excluding carboxylic acids is 2. The first-order valence-electron chi connectivity index (χ1n) is 9.29. The van der Waals surface area contributed by atoms with Gasteiger partial charge in [0.15, 0.2) is 11.2 Å². The van der Waals surface area contributed by atoms with E-state index >= 15 is 0 Å². The summed E-state index contributed by atoms with van der Waals surface area (Å²) >= 11 is 0. The Morgan fingerprint density at radius 3 is 1.44 bits per heavy atom. The predicted molar refractivity (Wildman–Crippen MR) is 89.2 cm³/mol. The molecule has 2 fully saturated rings. The Labute approximate surface area is 149 Å². The molecule has 7 heteroatoms. The van der Waals surface area contributed by atoms with Gasteiger partial charge in [-0.15, -0.1) is 0 Å². The van der Waals surface area contributed by atoms with Crippen LogP contribution < -0.4 is 0 Å². The van der Waals surface area contributed by atoms with Crippen LogP contribution in [0.5, 0.6) is 0 Å². The van der Waals surface area contributed by atoms with Crippen molar-refractivity contribution >= 4 is 11.9 Å². The molecule has 2 heterocycles. The molecular weight excluding hydrogens is 328 g/mol. The minimum absolute atomic E-state index is 0.394. The van der Waals surface area contributed by atoms with E-state index < -0.39 is 23.1 Å². The Bertz CT molecular complexity index is 397. The zero-order chi connectivity index (χ0) is 18.2. The minimum atomic E-state index is -1.10. The van der Waals surface area contributed by atoms with Crippen molar-refractivity contribution in [3.8, 4) is 0 Å². The molecule has 25 heavy (non-hydrogen) atoms. The first-order chi connectivity index (χ1) is 12.1. The summed E-state index contributed by atoms with van der Waals surface area (Å²) in [7, 11) is 0. The van der Waals surface area contributed by atoms with Gasteiger partial charge in [-0.3, -0.25) is 0 Å². The molecule has 0 aliphatic carbocycles. The molecule has 2 aliphatic heterocycles. The van der Waals surface area contributed by atoms with Crippen LogP contribution in [0.1, 0.15) is 52.4 Å². The van der Waals surface area contributed by atoms with E-state index in [9.17, 15) is 9.59 Å². The van der Waals surface area contributed by atoms with Crippen LogP contribution in [0.15, 0.2) is 0 Å². The highest BCUT2D eigenvalue weighted by Crippen LogP contribution is 2.31. The average molecular weight is 358 g/mol. The van der Waals surface area contributed by atoms with E-state index in [1.165, 1.54) is 0 Å². The van der Waals surface area contributed by atoms with Crippen LogP contribution in [0.25, 0.3) is 0 Å². The molecule has 2 rings (SSSR count). The first-order valence-corrected chi connectivity index (χ1v) is 9.29. The van der Waals surface area contributed by atoms with E-state index in [0.29, 0.717) is 65.3 Å². The number of ether oxygens (including phenoxy) is 5. The third kappa shape index (κ3) is 5.00. The summed E-state index contributed by atoms with van der Waals surface area (Å²) in [5, 5.41) is 0. The number of hydrogen-bond acceptors (Lipinski definition) is 7. The largest absolute Gasteiger partial charge is 0.389 e. The van der Waals surface area contributed by atoms with Gasteiger partial charge in [-0.25, -0.2) is 9.59 Å². The van der Waals surface area contributed by atoms with E-state index in [4.69, 9.17) is 23.7 Å². The second-order valence-corrected chi connectivity index (χ2v) is 6.59. The van der Waals surface area contributed by atoms with Crippen LogP contribution in [0.4, 0.5) is 0 Å². The highest BCUT2D eigenvalue weighted by atomic mass is 16.6. The van der Waals surface area contributed by atoms with Crippen molar-refractivity contribution in [2.75, 3.05) is 39.6 Å². The van der Waals surface area contributed by atoms with E-state index in [-0.39, 0.29) is 0 Å². The number of esters is 2. The van der Waals surface area contributed by atoms with Crippen molar-refractivity contribution in [2.45, 2.75) is 63.6 Å². The van der Waals surface area contributed by atoms with Gasteiger partial charge in [0.25, 0.3) is 0 Å². The van der Waals surface area contributed by atoms with Gasteiger partial charge in [0.2, 0.25) is 0 Å². The Balaban J connectivity index is 2.07. The van der Waals surface area contributed by atoms with Crippen molar-refractivity contribution in [2.24, 2.45) is 0 Å². The molecule has 0 amide bonds. The van der Waals surface area contributed by atoms with Crippen LogP contribution in [-0.4, -0.2) is 62.8 Å². The molecule has 0 aromatic rings. The van der Waals surface area contributed by atoms with Gasteiger partial charge in [-0.1, -0.05) is 13.8 Å². The summed E-state index contributed by atoms with van der Waals surface area (Å²) < 4.78 is 27.6. The van der Waals surface area contributed by atoms with E-state index in [1.807, 2.05) is 13.8 Å². The standard InChI is InChI=1S/C18H30O7/c1-3-9-23-17(5-11-21-12-6-17)15(19)25-16(20)18(24-10-4-2)7-13-22-14-8-18/h3-14H2,1-2H3. The molecule has 0 saturated carbocycles. The SMILES string of the molecule is CCCOC1(C(=O)OC(=O)C2(OCCC)CCOCC2)CCOCC1. The molecule has 0 aromatic heterocycles. The topological polar surface area (TPSA) is 80.3 Å². The van der Waals surface area contributed by atoms with Gasteiger partial charge in [0.05, 0.1) is 0 Å². The molecule has 0 bridgehead atoms. The van der Waals surface area contributed by atoms with Gasteiger partial charge in [0, 0.05) is 65.3 Å². The number of rotatable bonds is 8. The molecule has 0 aromatic carbocycles. The van der Waals surface area contributed by atoms with Crippen molar-refractivity contribution in [3.63, 3.8) is 0 Å². The third-order valence-corrected chi connectivity index (χ3v) is 4.70. The lowest BCUT2D eigenvalue weighted by Gasteiger charge is -2.37. The molecule has 2 aliphatic rings. The normalized spacial score (nSPS) is 22.3. The second kappa shape index (κ2) is 9.62. The quantitative estimate of drug-likeness (QED) is 0.485. The minimum Gasteiger partial charge on any atom is -0.389 e. The fourth-order valence-electron chi connectivity index (χ4n) is 3.08. The molecule has 2 saturated heterocycles. The first kappa shape index (κ1) is 20.3. The molecule has 0 radical (unpaired) electrons. The summed E-state index contributed by atoms with van der Waals surface area (Å²) in [4.78, 5) is 25.6. The summed E-state index contributed by atoms with van der Waals surface area (Å²) in [5.41, 5.74) is -2.19. The van der Waals surface area contributed by atoms with E-state index in [2.05, 4.69) is 0 Å². The van der Waals surface area contributed by atoms with Gasteiger partial charge < -0.3 is 23.7 Å². The van der Waals surface area contributed by atoms with Crippen LogP contribution in [0.3, 0.4) is 0 Å². The molecule has 0 N–H and O–H groups in total. The van der Waals surface area contributed by atoms with Crippen LogP contribution >= 0.6 is 0 Å². The van der Waals surface area contributed by atoms with Gasteiger partial charge >= 0.3 is 11.9 Å². The zero-order valence-electron chi connectivity index (χ0n) is 15.3. The number of carbonyl (C=O) groups is 2. The molecular formula is C18H30O7. The summed E-state index contributed by atoms with van der Waals surface area (Å²) in [6.45, 7) is 6.48. The monoisotopic (exact) mass is 358 g/mol. The molecule has 0 atom stereocenters. The maximum atomic E-state index is 12.8. The Hall–Kier alpha value is -1.02. The van der Waals surface area contributed by atoms with Crippen LogP contribution in [0.2, 0.25) is 0 Å². The van der Waals surface area contributed by atoms with Crippen LogP contribution in [0, 0.1) is 0 Å². The lowest BCUT2D eigenvalue weighted by atomic mass is 9.92. The zero-order valence-corrected chi connectivity index (χ0v) is 15.3.